The number of hydrogen-bond donors (Lipinski definition) is 2. The predicted octanol–water partition coefficient (Wildman–Crippen LogP) is 5.85. The Bertz CT molecular complexity index is 1250. The van der Waals surface area contributed by atoms with Crippen LogP contribution in [0.4, 0.5) is 0 Å². The van der Waals surface area contributed by atoms with Crippen LogP contribution in [0.25, 0.3) is 5.70 Å². The number of aliphatic imine (C=N–C) groups is 1. The molecule has 2 aromatic heterocycles. The van der Waals surface area contributed by atoms with Gasteiger partial charge in [0, 0.05) is 27.4 Å². The van der Waals surface area contributed by atoms with E-state index in [9.17, 15) is 4.79 Å². The molecule has 2 aliphatic rings. The maximum absolute atomic E-state index is 12.4. The lowest BCUT2D eigenvalue weighted by Gasteiger charge is -2.27. The van der Waals surface area contributed by atoms with Crippen LogP contribution in [0.15, 0.2) is 78.4 Å². The molecule has 4 rings (SSSR count). The van der Waals surface area contributed by atoms with Crippen molar-refractivity contribution in [1.29, 1.82) is 0 Å². The number of ether oxygens (including phenoxy) is 2. The summed E-state index contributed by atoms with van der Waals surface area (Å²) >= 11 is 0. The van der Waals surface area contributed by atoms with Crippen molar-refractivity contribution < 1.29 is 17.1 Å². The predicted molar refractivity (Wildman–Crippen MR) is 161 cm³/mol. The molecule has 8 nitrogen and oxygen atoms in total. The van der Waals surface area contributed by atoms with Crippen LogP contribution in [-0.4, -0.2) is 53.3 Å². The molecule has 0 unspecified atom stereocenters. The number of carbonyl (C=O) groups is 1. The molecule has 0 bridgehead atoms. The molecule has 0 aliphatic carbocycles. The minimum atomic E-state index is -0.144. The van der Waals surface area contributed by atoms with Crippen molar-refractivity contribution in [3.8, 4) is 0 Å². The van der Waals surface area contributed by atoms with E-state index < -0.39 is 0 Å². The number of amides is 1. The maximum Gasteiger partial charge on any atom is 0.253 e. The molecular weight excluding hydrogens is 490 g/mol. The smallest absolute Gasteiger partial charge is 0.253 e. The number of hydrogen-bond acceptors (Lipinski definition) is 6. The summed E-state index contributed by atoms with van der Waals surface area (Å²) in [4.78, 5) is 21.5. The molecule has 212 valence electrons. The minimum Gasteiger partial charge on any atom is -0.377 e. The van der Waals surface area contributed by atoms with Gasteiger partial charge in [0.25, 0.3) is 5.91 Å². The highest BCUT2D eigenvalue weighted by Crippen LogP contribution is 2.20. The van der Waals surface area contributed by atoms with Gasteiger partial charge in [-0.25, -0.2) is 4.99 Å². The SMILES string of the molecule is C=C=C(CNC(=O)c1ccn(C2COC2)c1)NC1=NC(c2cccc(C)n2)=CC1.C=CC[C@@H](C)O[C@@H](C)CC.[HH].[HH]. The van der Waals surface area contributed by atoms with E-state index in [1.807, 2.05) is 60.3 Å². The standard InChI is InChI=1S/C22H23N5O2.C9H18O.2H2/c1-3-17(11-23-22(28)16-9-10-27(12-16)18-13-29-14-18)25-21-8-7-20(26-21)19-6-4-5-15(2)24-19;1-5-7-9(4)10-8(3)6-2;;/h4-7,9-10,12,18H,1,8,11,13-14H2,2H3,(H,23,28)(H,25,26);5,8-9H,1,6-7H2,2-4H3;2*1H/t;8-,9+;;/m.0../s1. The van der Waals surface area contributed by atoms with Crippen LogP contribution in [0.1, 0.15) is 70.7 Å². The van der Waals surface area contributed by atoms with Crippen LogP contribution in [0.2, 0.25) is 0 Å². The molecule has 8 heteroatoms. The molecule has 1 fully saturated rings. The van der Waals surface area contributed by atoms with E-state index in [1.165, 1.54) is 0 Å². The van der Waals surface area contributed by atoms with Gasteiger partial charge in [-0.05, 0) is 57.9 Å². The maximum atomic E-state index is 12.4. The van der Waals surface area contributed by atoms with Crippen molar-refractivity contribution in [2.45, 2.75) is 65.2 Å². The van der Waals surface area contributed by atoms with Crippen LogP contribution in [0.3, 0.4) is 0 Å². The Morgan fingerprint density at radius 3 is 2.77 bits per heavy atom. The zero-order valence-electron chi connectivity index (χ0n) is 23.6. The Balaban J connectivity index is 0.000000606. The molecule has 39 heavy (non-hydrogen) atoms. The number of aryl methyl sites for hydroxylation is 1. The molecule has 2 aliphatic heterocycles. The average Bonchev–Trinajstić information content (AvgIpc) is 3.56. The van der Waals surface area contributed by atoms with E-state index >= 15 is 0 Å². The largest absolute Gasteiger partial charge is 0.377 e. The normalized spacial score (nSPS) is 15.9. The van der Waals surface area contributed by atoms with E-state index in [4.69, 9.17) is 9.47 Å². The van der Waals surface area contributed by atoms with E-state index in [0.29, 0.717) is 49.1 Å². The van der Waals surface area contributed by atoms with Crippen LogP contribution < -0.4 is 10.6 Å². The lowest BCUT2D eigenvalue weighted by atomic mass is 10.2. The fraction of sp³-hybridized carbons (Fsp3) is 0.419. The molecule has 4 heterocycles. The van der Waals surface area contributed by atoms with Crippen molar-refractivity contribution in [3.05, 3.63) is 90.3 Å². The second kappa shape index (κ2) is 15.0. The Kier molecular flexibility index (Phi) is 11.5. The summed E-state index contributed by atoms with van der Waals surface area (Å²) in [6.45, 7) is 17.3. The summed E-state index contributed by atoms with van der Waals surface area (Å²) in [5, 5.41) is 6.10. The van der Waals surface area contributed by atoms with Crippen LogP contribution >= 0.6 is 0 Å². The van der Waals surface area contributed by atoms with Crippen molar-refractivity contribution in [2.24, 2.45) is 4.99 Å². The van der Waals surface area contributed by atoms with Crippen LogP contribution in [-0.2, 0) is 9.47 Å². The first kappa shape index (κ1) is 29.8. The van der Waals surface area contributed by atoms with Crippen LogP contribution in [0, 0.1) is 6.92 Å². The zero-order chi connectivity index (χ0) is 28.2. The highest BCUT2D eigenvalue weighted by atomic mass is 16.5. The highest BCUT2D eigenvalue weighted by molar-refractivity contribution is 5.96. The quantitative estimate of drug-likeness (QED) is 0.278. The second-order valence-corrected chi connectivity index (χ2v) is 9.71. The van der Waals surface area contributed by atoms with Gasteiger partial charge in [-0.15, -0.1) is 12.3 Å². The van der Waals surface area contributed by atoms with Crippen molar-refractivity contribution in [3.63, 3.8) is 0 Å². The summed E-state index contributed by atoms with van der Waals surface area (Å²) < 4.78 is 12.8. The molecular formula is C31H45N5O3. The molecule has 0 saturated carbocycles. The van der Waals surface area contributed by atoms with Gasteiger partial charge in [-0.1, -0.05) is 25.6 Å². The van der Waals surface area contributed by atoms with Crippen molar-refractivity contribution in [2.75, 3.05) is 19.8 Å². The number of nitrogens with one attached hydrogen (secondary N) is 2. The Hall–Kier alpha value is -3.71. The van der Waals surface area contributed by atoms with Gasteiger partial charge in [-0.2, -0.15) is 0 Å². The van der Waals surface area contributed by atoms with Gasteiger partial charge >= 0.3 is 0 Å². The Labute approximate surface area is 235 Å². The number of pyridine rings is 1. The monoisotopic (exact) mass is 535 g/mol. The van der Waals surface area contributed by atoms with Gasteiger partial charge in [0.15, 0.2) is 0 Å². The van der Waals surface area contributed by atoms with E-state index in [-0.39, 0.29) is 15.3 Å². The molecule has 1 saturated heterocycles. The molecule has 0 aromatic carbocycles. The first-order valence-electron chi connectivity index (χ1n) is 13.5. The third kappa shape index (κ3) is 9.21. The van der Waals surface area contributed by atoms with Gasteiger partial charge in [-0.3, -0.25) is 9.78 Å². The van der Waals surface area contributed by atoms with Gasteiger partial charge < -0.3 is 24.7 Å². The fourth-order valence-corrected chi connectivity index (χ4v) is 3.91. The van der Waals surface area contributed by atoms with E-state index in [2.05, 4.69) is 60.3 Å². The molecule has 2 N–H and O–H groups in total. The third-order valence-electron chi connectivity index (χ3n) is 6.39. The van der Waals surface area contributed by atoms with Gasteiger partial charge in [0.1, 0.15) is 5.84 Å². The average molecular weight is 536 g/mol. The first-order valence-corrected chi connectivity index (χ1v) is 13.5. The molecule has 2 aromatic rings. The number of amidine groups is 1. The lowest BCUT2D eigenvalue weighted by molar-refractivity contribution is -0.0231. The van der Waals surface area contributed by atoms with E-state index in [1.54, 1.807) is 0 Å². The van der Waals surface area contributed by atoms with Gasteiger partial charge in [0.05, 0.1) is 60.7 Å². The summed E-state index contributed by atoms with van der Waals surface area (Å²) in [5.41, 5.74) is 6.76. The first-order chi connectivity index (χ1) is 18.8. The number of carbonyl (C=O) groups excluding carboxylic acids is 1. The zero-order valence-corrected chi connectivity index (χ0v) is 23.6. The number of nitrogens with zero attached hydrogens (tertiary/aromatic N) is 3. The van der Waals surface area contributed by atoms with Gasteiger partial charge in [0.2, 0.25) is 0 Å². The van der Waals surface area contributed by atoms with E-state index in [0.717, 1.165) is 35.8 Å². The number of rotatable bonds is 11. The topological polar surface area (TPSA) is 89.8 Å². The van der Waals surface area contributed by atoms with Crippen molar-refractivity contribution >= 4 is 17.4 Å². The third-order valence-corrected chi connectivity index (χ3v) is 6.39. The molecule has 1 amide bonds. The molecule has 0 spiro atoms. The Morgan fingerprint density at radius 1 is 1.33 bits per heavy atom. The summed E-state index contributed by atoms with van der Waals surface area (Å²) in [6, 6.07) is 8.00. The summed E-state index contributed by atoms with van der Waals surface area (Å²) in [5.74, 6) is 0.634. The Morgan fingerprint density at radius 2 is 2.13 bits per heavy atom. The minimum absolute atomic E-state index is 0. The molecule has 2 atom stereocenters. The number of aromatic nitrogens is 2. The fourth-order valence-electron chi connectivity index (χ4n) is 3.91. The van der Waals surface area contributed by atoms with Crippen LogP contribution in [0.5, 0.6) is 0 Å². The lowest BCUT2D eigenvalue weighted by Crippen LogP contribution is -2.32. The summed E-state index contributed by atoms with van der Waals surface area (Å²) in [6.07, 6.45) is 11.1. The summed E-state index contributed by atoms with van der Waals surface area (Å²) in [7, 11) is 0. The molecule has 0 radical (unpaired) electrons. The van der Waals surface area contributed by atoms with Crippen molar-refractivity contribution in [1.82, 2.24) is 20.2 Å². The second-order valence-electron chi connectivity index (χ2n) is 9.71. The highest BCUT2D eigenvalue weighted by Gasteiger charge is 2.21.